The molecule has 2 rings (SSSR count). The molecule has 0 aliphatic heterocycles. The van der Waals surface area contributed by atoms with Crippen LogP contribution in [-0.2, 0) is 20.1 Å². The lowest BCUT2D eigenvalue weighted by Gasteiger charge is -2.05. The van der Waals surface area contributed by atoms with Gasteiger partial charge >= 0.3 is 0 Å². The van der Waals surface area contributed by atoms with Crippen LogP contribution in [0.2, 0.25) is 0 Å². The highest BCUT2D eigenvalue weighted by molar-refractivity contribution is 5.28. The van der Waals surface area contributed by atoms with Crippen LogP contribution in [0, 0.1) is 5.82 Å². The van der Waals surface area contributed by atoms with Crippen LogP contribution in [0.5, 0.6) is 5.75 Å². The lowest BCUT2D eigenvalue weighted by molar-refractivity contribution is 0.467. The van der Waals surface area contributed by atoms with Crippen LogP contribution < -0.4 is 5.32 Å². The van der Waals surface area contributed by atoms with Crippen LogP contribution in [0.25, 0.3) is 0 Å². The van der Waals surface area contributed by atoms with Gasteiger partial charge in [0.15, 0.2) is 0 Å². The van der Waals surface area contributed by atoms with Crippen molar-refractivity contribution in [1.29, 1.82) is 0 Å². The molecule has 0 unspecified atom stereocenters. The van der Waals surface area contributed by atoms with E-state index in [9.17, 15) is 9.50 Å². The zero-order valence-electron chi connectivity index (χ0n) is 9.39. The first kappa shape index (κ1) is 11.5. The van der Waals surface area contributed by atoms with Crippen LogP contribution in [-0.4, -0.2) is 19.9 Å². The molecule has 0 radical (unpaired) electrons. The maximum atomic E-state index is 13.0. The number of aromatic hydroxyl groups is 1. The summed E-state index contributed by atoms with van der Waals surface area (Å²) in [6, 6.07) is 3.97. The zero-order valence-corrected chi connectivity index (χ0v) is 9.39. The summed E-state index contributed by atoms with van der Waals surface area (Å²) in [5, 5.41) is 20.0. The summed E-state index contributed by atoms with van der Waals surface area (Å²) in [7, 11) is 1.85. The number of rotatable bonds is 4. The molecule has 0 fully saturated rings. The molecule has 0 amide bonds. The summed E-state index contributed by atoms with van der Waals surface area (Å²) in [6.07, 6.45) is 1.62. The van der Waals surface area contributed by atoms with Gasteiger partial charge in [-0.15, -0.1) is 10.2 Å². The zero-order chi connectivity index (χ0) is 12.3. The molecule has 0 aliphatic rings. The maximum Gasteiger partial charge on any atom is 0.146 e. The predicted octanol–water partition coefficient (Wildman–Crippen LogP) is 0.950. The van der Waals surface area contributed by atoms with E-state index >= 15 is 0 Å². The first-order valence-corrected chi connectivity index (χ1v) is 5.17. The minimum atomic E-state index is -0.444. The smallest absolute Gasteiger partial charge is 0.146 e. The topological polar surface area (TPSA) is 63.0 Å². The average Bonchev–Trinajstić information content (AvgIpc) is 2.63. The predicted molar refractivity (Wildman–Crippen MR) is 59.6 cm³/mol. The lowest BCUT2D eigenvalue weighted by Crippen LogP contribution is -2.15. The van der Waals surface area contributed by atoms with E-state index in [1.54, 1.807) is 10.9 Å². The molecule has 2 aromatic rings. The second kappa shape index (κ2) is 4.92. The summed E-state index contributed by atoms with van der Waals surface area (Å²) in [5.41, 5.74) is 0.685. The molecular weight excluding hydrogens is 223 g/mol. The third-order valence-electron chi connectivity index (χ3n) is 2.36. The highest BCUT2D eigenvalue weighted by atomic mass is 19.1. The van der Waals surface area contributed by atoms with E-state index in [1.165, 1.54) is 12.1 Å². The molecule has 0 aliphatic carbocycles. The molecule has 6 heteroatoms. The van der Waals surface area contributed by atoms with Crippen molar-refractivity contribution in [2.24, 2.45) is 7.05 Å². The fraction of sp³-hybridized carbons (Fsp3) is 0.273. The number of hydrogen-bond acceptors (Lipinski definition) is 4. The average molecular weight is 236 g/mol. The van der Waals surface area contributed by atoms with Gasteiger partial charge in [0.25, 0.3) is 0 Å². The van der Waals surface area contributed by atoms with Gasteiger partial charge in [-0.3, -0.25) is 0 Å². The molecule has 90 valence electrons. The number of aromatic nitrogens is 3. The highest BCUT2D eigenvalue weighted by Gasteiger charge is 2.02. The van der Waals surface area contributed by atoms with Crippen molar-refractivity contribution in [3.8, 4) is 5.75 Å². The fourth-order valence-electron chi connectivity index (χ4n) is 1.52. The minimum Gasteiger partial charge on any atom is -0.508 e. The number of benzene rings is 1. The monoisotopic (exact) mass is 236 g/mol. The van der Waals surface area contributed by atoms with Gasteiger partial charge in [0.1, 0.15) is 23.7 Å². The number of hydrogen-bond donors (Lipinski definition) is 2. The van der Waals surface area contributed by atoms with Crippen LogP contribution in [0.4, 0.5) is 4.39 Å². The minimum absolute atomic E-state index is 0.0690. The van der Waals surface area contributed by atoms with Crippen molar-refractivity contribution < 1.29 is 9.50 Å². The lowest BCUT2D eigenvalue weighted by atomic mass is 10.2. The first-order valence-electron chi connectivity index (χ1n) is 5.17. The molecule has 0 saturated carbocycles. The quantitative estimate of drug-likeness (QED) is 0.829. The highest BCUT2D eigenvalue weighted by Crippen LogP contribution is 2.14. The Morgan fingerprint density at radius 3 is 2.82 bits per heavy atom. The number of nitrogens with zero attached hydrogens (tertiary/aromatic N) is 3. The van der Waals surface area contributed by atoms with Crippen LogP contribution >= 0.6 is 0 Å². The Bertz CT molecular complexity index is 492. The standard InChI is InChI=1S/C11H13FN4O/c1-16-7-14-15-11(16)6-13-5-8-2-9(12)4-10(17)3-8/h2-4,7,13,17H,5-6H2,1H3. The van der Waals surface area contributed by atoms with Gasteiger partial charge < -0.3 is 15.0 Å². The van der Waals surface area contributed by atoms with Crippen molar-refractivity contribution in [1.82, 2.24) is 20.1 Å². The number of phenolic OH excluding ortho intramolecular Hbond substituents is 1. The summed E-state index contributed by atoms with van der Waals surface area (Å²) >= 11 is 0. The van der Waals surface area contributed by atoms with Gasteiger partial charge in [-0.1, -0.05) is 0 Å². The van der Waals surface area contributed by atoms with Gasteiger partial charge in [0.2, 0.25) is 0 Å². The van der Waals surface area contributed by atoms with E-state index in [4.69, 9.17) is 0 Å². The number of nitrogens with one attached hydrogen (secondary N) is 1. The van der Waals surface area contributed by atoms with Gasteiger partial charge in [-0.05, 0) is 17.7 Å². The van der Waals surface area contributed by atoms with Gasteiger partial charge in [-0.25, -0.2) is 4.39 Å². The Hall–Kier alpha value is -1.95. The molecule has 5 nitrogen and oxygen atoms in total. The maximum absolute atomic E-state index is 13.0. The van der Waals surface area contributed by atoms with Gasteiger partial charge in [-0.2, -0.15) is 0 Å². The Labute approximate surface area is 97.9 Å². The summed E-state index contributed by atoms with van der Waals surface area (Å²) in [4.78, 5) is 0. The third kappa shape index (κ3) is 3.01. The van der Waals surface area contributed by atoms with Crippen molar-refractivity contribution >= 4 is 0 Å². The fourth-order valence-corrected chi connectivity index (χ4v) is 1.52. The molecule has 0 spiro atoms. The molecule has 0 atom stereocenters. The van der Waals surface area contributed by atoms with Crippen molar-refractivity contribution in [3.05, 3.63) is 41.7 Å². The second-order valence-corrected chi connectivity index (χ2v) is 3.78. The van der Waals surface area contributed by atoms with E-state index in [-0.39, 0.29) is 5.75 Å². The van der Waals surface area contributed by atoms with Crippen LogP contribution in [0.1, 0.15) is 11.4 Å². The molecule has 17 heavy (non-hydrogen) atoms. The Balaban J connectivity index is 1.92. The number of halogens is 1. The summed E-state index contributed by atoms with van der Waals surface area (Å²) in [6.45, 7) is 0.992. The Morgan fingerprint density at radius 2 is 2.18 bits per heavy atom. The van der Waals surface area contributed by atoms with Gasteiger partial charge in [0.05, 0.1) is 6.54 Å². The van der Waals surface area contributed by atoms with Crippen molar-refractivity contribution in [2.75, 3.05) is 0 Å². The van der Waals surface area contributed by atoms with Crippen LogP contribution in [0.15, 0.2) is 24.5 Å². The van der Waals surface area contributed by atoms with Gasteiger partial charge in [0, 0.05) is 19.7 Å². The van der Waals surface area contributed by atoms with E-state index in [0.29, 0.717) is 18.7 Å². The molecule has 1 heterocycles. The number of phenols is 1. The van der Waals surface area contributed by atoms with Crippen LogP contribution in [0.3, 0.4) is 0 Å². The first-order chi connectivity index (χ1) is 8.15. The van der Waals surface area contributed by atoms with Crippen molar-refractivity contribution in [2.45, 2.75) is 13.1 Å². The molecule has 0 saturated heterocycles. The molecule has 1 aromatic carbocycles. The Morgan fingerprint density at radius 1 is 1.35 bits per heavy atom. The van der Waals surface area contributed by atoms with E-state index in [2.05, 4.69) is 15.5 Å². The van der Waals surface area contributed by atoms with E-state index in [1.807, 2.05) is 7.05 Å². The molecular formula is C11H13FN4O. The molecule has 1 aromatic heterocycles. The number of aryl methyl sites for hydroxylation is 1. The molecule has 0 bridgehead atoms. The Kier molecular flexibility index (Phi) is 3.34. The van der Waals surface area contributed by atoms with E-state index < -0.39 is 5.82 Å². The second-order valence-electron chi connectivity index (χ2n) is 3.78. The summed E-state index contributed by atoms with van der Waals surface area (Å²) in [5.74, 6) is 0.284. The van der Waals surface area contributed by atoms with Crippen molar-refractivity contribution in [3.63, 3.8) is 0 Å². The molecule has 2 N–H and O–H groups in total. The van der Waals surface area contributed by atoms with E-state index in [0.717, 1.165) is 11.9 Å². The largest absolute Gasteiger partial charge is 0.508 e. The summed E-state index contributed by atoms with van der Waals surface area (Å²) < 4.78 is 14.8. The third-order valence-corrected chi connectivity index (χ3v) is 2.36. The SMILES string of the molecule is Cn1cnnc1CNCc1cc(O)cc(F)c1. The normalized spacial score (nSPS) is 10.7.